The molecule has 1 N–H and O–H groups in total. The van der Waals surface area contributed by atoms with E-state index < -0.39 is 0 Å². The molecule has 0 radical (unpaired) electrons. The second kappa shape index (κ2) is 2.55. The Morgan fingerprint density at radius 3 is 3.17 bits per heavy atom. The SMILES string of the molecule is O=C1C=CC2C(=O)NCCC2=N1. The fraction of sp³-hybridized carbons (Fsp3) is 0.375. The molecule has 1 unspecified atom stereocenters. The smallest absolute Gasteiger partial charge is 0.269 e. The van der Waals surface area contributed by atoms with E-state index in [1.54, 1.807) is 6.08 Å². The minimum absolute atomic E-state index is 0.0521. The molecule has 0 bridgehead atoms. The Morgan fingerprint density at radius 1 is 1.50 bits per heavy atom. The van der Waals surface area contributed by atoms with Crippen LogP contribution in [-0.2, 0) is 9.59 Å². The molecule has 12 heavy (non-hydrogen) atoms. The zero-order chi connectivity index (χ0) is 8.55. The van der Waals surface area contributed by atoms with Crippen molar-refractivity contribution in [3.8, 4) is 0 Å². The highest BCUT2D eigenvalue weighted by molar-refractivity contribution is 6.15. The highest BCUT2D eigenvalue weighted by Gasteiger charge is 2.28. The third kappa shape index (κ3) is 1.05. The molecule has 1 fully saturated rings. The van der Waals surface area contributed by atoms with Crippen LogP contribution in [-0.4, -0.2) is 24.1 Å². The van der Waals surface area contributed by atoms with Gasteiger partial charge in [-0.15, -0.1) is 0 Å². The molecule has 0 spiro atoms. The summed E-state index contributed by atoms with van der Waals surface area (Å²) in [5, 5.41) is 2.71. The van der Waals surface area contributed by atoms with Crippen LogP contribution in [0.4, 0.5) is 0 Å². The maximum Gasteiger partial charge on any atom is 0.269 e. The summed E-state index contributed by atoms with van der Waals surface area (Å²) in [6.45, 7) is 0.593. The van der Waals surface area contributed by atoms with Crippen LogP contribution in [0.25, 0.3) is 0 Å². The van der Waals surface area contributed by atoms with E-state index in [4.69, 9.17) is 0 Å². The largest absolute Gasteiger partial charge is 0.355 e. The van der Waals surface area contributed by atoms with Gasteiger partial charge in [0.1, 0.15) is 0 Å². The molecule has 0 aromatic heterocycles. The first-order valence-electron chi connectivity index (χ1n) is 3.85. The van der Waals surface area contributed by atoms with Crippen LogP contribution in [0, 0.1) is 5.92 Å². The molecule has 0 aliphatic carbocycles. The van der Waals surface area contributed by atoms with Crippen LogP contribution in [0.1, 0.15) is 6.42 Å². The fourth-order valence-electron chi connectivity index (χ4n) is 1.41. The molecule has 2 heterocycles. The summed E-state index contributed by atoms with van der Waals surface area (Å²) >= 11 is 0. The van der Waals surface area contributed by atoms with Crippen LogP contribution < -0.4 is 5.32 Å². The lowest BCUT2D eigenvalue weighted by atomic mass is 9.94. The summed E-state index contributed by atoms with van der Waals surface area (Å²) in [7, 11) is 0. The van der Waals surface area contributed by atoms with Crippen molar-refractivity contribution < 1.29 is 9.59 Å². The first kappa shape index (κ1) is 7.21. The van der Waals surface area contributed by atoms with Crippen molar-refractivity contribution >= 4 is 17.5 Å². The number of hydrogen-bond donors (Lipinski definition) is 1. The highest BCUT2D eigenvalue weighted by atomic mass is 16.2. The van der Waals surface area contributed by atoms with Crippen LogP contribution in [0.2, 0.25) is 0 Å². The third-order valence-electron chi connectivity index (χ3n) is 2.01. The molecule has 1 saturated heterocycles. The zero-order valence-corrected chi connectivity index (χ0v) is 6.41. The Kier molecular flexibility index (Phi) is 1.53. The highest BCUT2D eigenvalue weighted by Crippen LogP contribution is 2.14. The summed E-state index contributed by atoms with van der Waals surface area (Å²) in [6.07, 6.45) is 3.64. The maximum absolute atomic E-state index is 11.2. The summed E-state index contributed by atoms with van der Waals surface area (Å²) in [6, 6.07) is 0. The summed E-state index contributed by atoms with van der Waals surface area (Å²) in [5.41, 5.74) is 0.700. The Balaban J connectivity index is 2.31. The molecule has 2 aliphatic rings. The van der Waals surface area contributed by atoms with Crippen molar-refractivity contribution in [3.63, 3.8) is 0 Å². The van der Waals surface area contributed by atoms with Gasteiger partial charge in [-0.05, 0) is 0 Å². The minimum atomic E-state index is -0.295. The van der Waals surface area contributed by atoms with Crippen molar-refractivity contribution in [1.82, 2.24) is 5.32 Å². The number of nitrogens with zero attached hydrogens (tertiary/aromatic N) is 1. The molecule has 1 atom stereocenters. The Morgan fingerprint density at radius 2 is 2.33 bits per heavy atom. The number of fused-ring (bicyclic) bond motifs is 1. The molecule has 2 aliphatic heterocycles. The van der Waals surface area contributed by atoms with Crippen molar-refractivity contribution in [2.45, 2.75) is 6.42 Å². The average molecular weight is 164 g/mol. The van der Waals surface area contributed by atoms with Gasteiger partial charge in [-0.2, -0.15) is 0 Å². The number of amides is 2. The minimum Gasteiger partial charge on any atom is -0.355 e. The summed E-state index contributed by atoms with van der Waals surface area (Å²) in [5.74, 6) is -0.601. The number of carbonyl (C=O) groups is 2. The third-order valence-corrected chi connectivity index (χ3v) is 2.01. The predicted octanol–water partition coefficient (Wildman–Crippen LogP) is -0.340. The lowest BCUT2D eigenvalue weighted by Gasteiger charge is -2.22. The van der Waals surface area contributed by atoms with E-state index in [-0.39, 0.29) is 17.7 Å². The quantitative estimate of drug-likeness (QED) is 0.532. The molecule has 2 rings (SSSR count). The van der Waals surface area contributed by atoms with Gasteiger partial charge in [-0.25, -0.2) is 4.99 Å². The van der Waals surface area contributed by atoms with Gasteiger partial charge in [0.25, 0.3) is 5.91 Å². The van der Waals surface area contributed by atoms with E-state index in [9.17, 15) is 9.59 Å². The van der Waals surface area contributed by atoms with Gasteiger partial charge in [-0.3, -0.25) is 9.59 Å². The molecular formula is C8H8N2O2. The van der Waals surface area contributed by atoms with Gasteiger partial charge in [0, 0.05) is 24.8 Å². The monoisotopic (exact) mass is 164 g/mol. The normalized spacial score (nSPS) is 27.7. The Labute approximate surface area is 69.4 Å². The Hall–Kier alpha value is -1.45. The van der Waals surface area contributed by atoms with Gasteiger partial charge < -0.3 is 5.32 Å². The van der Waals surface area contributed by atoms with E-state index >= 15 is 0 Å². The molecule has 62 valence electrons. The molecule has 4 heteroatoms. The van der Waals surface area contributed by atoms with Gasteiger partial charge >= 0.3 is 0 Å². The van der Waals surface area contributed by atoms with E-state index in [1.165, 1.54) is 6.08 Å². The van der Waals surface area contributed by atoms with Gasteiger partial charge in [0.05, 0.1) is 5.92 Å². The standard InChI is InChI=1S/C8H8N2O2/c11-7-2-1-5-6(10-7)3-4-9-8(5)12/h1-2,5H,3-4H2,(H,9,12). The molecule has 0 saturated carbocycles. The summed E-state index contributed by atoms with van der Waals surface area (Å²) < 4.78 is 0. The number of nitrogens with one attached hydrogen (secondary N) is 1. The van der Waals surface area contributed by atoms with Crippen LogP contribution in [0.15, 0.2) is 17.1 Å². The number of carbonyl (C=O) groups excluding carboxylic acids is 2. The lowest BCUT2D eigenvalue weighted by molar-refractivity contribution is -0.122. The van der Waals surface area contributed by atoms with E-state index in [0.717, 1.165) is 0 Å². The second-order valence-corrected chi connectivity index (χ2v) is 2.82. The lowest BCUT2D eigenvalue weighted by Crippen LogP contribution is -2.42. The van der Waals surface area contributed by atoms with Crippen LogP contribution >= 0.6 is 0 Å². The predicted molar refractivity (Wildman–Crippen MR) is 42.7 cm³/mol. The van der Waals surface area contributed by atoms with Crippen molar-refractivity contribution in [3.05, 3.63) is 12.2 Å². The number of rotatable bonds is 0. The second-order valence-electron chi connectivity index (χ2n) is 2.82. The fourth-order valence-corrected chi connectivity index (χ4v) is 1.41. The molecule has 0 aromatic rings. The first-order chi connectivity index (χ1) is 5.77. The number of dihydropyridines is 1. The maximum atomic E-state index is 11.2. The molecule has 4 nitrogen and oxygen atoms in total. The zero-order valence-electron chi connectivity index (χ0n) is 6.41. The Bertz CT molecular complexity index is 304. The van der Waals surface area contributed by atoms with E-state index in [0.29, 0.717) is 18.7 Å². The van der Waals surface area contributed by atoms with Crippen LogP contribution in [0.3, 0.4) is 0 Å². The van der Waals surface area contributed by atoms with Gasteiger partial charge in [0.2, 0.25) is 5.91 Å². The number of aliphatic imine (C=N–C) groups is 1. The molecular weight excluding hydrogens is 156 g/mol. The van der Waals surface area contributed by atoms with Crippen LogP contribution in [0.5, 0.6) is 0 Å². The first-order valence-corrected chi connectivity index (χ1v) is 3.85. The molecule has 2 amide bonds. The average Bonchev–Trinajstić information content (AvgIpc) is 2.04. The van der Waals surface area contributed by atoms with Crippen molar-refractivity contribution in [2.75, 3.05) is 6.54 Å². The van der Waals surface area contributed by atoms with Gasteiger partial charge in [0.15, 0.2) is 0 Å². The number of hydrogen-bond acceptors (Lipinski definition) is 2. The summed E-state index contributed by atoms with van der Waals surface area (Å²) in [4.78, 5) is 25.8. The van der Waals surface area contributed by atoms with Crippen molar-refractivity contribution in [1.29, 1.82) is 0 Å². The molecule has 0 aromatic carbocycles. The van der Waals surface area contributed by atoms with Gasteiger partial charge in [-0.1, -0.05) is 6.08 Å². The van der Waals surface area contributed by atoms with E-state index in [1.807, 2.05) is 0 Å². The topological polar surface area (TPSA) is 58.5 Å². The number of piperidine rings is 1. The van der Waals surface area contributed by atoms with E-state index in [2.05, 4.69) is 10.3 Å². The van der Waals surface area contributed by atoms with Crippen molar-refractivity contribution in [2.24, 2.45) is 10.9 Å².